The molecule has 0 aliphatic rings. The van der Waals surface area contributed by atoms with Crippen LogP contribution in [0.2, 0.25) is 0 Å². The molecule has 5 heteroatoms. The van der Waals surface area contributed by atoms with Crippen molar-refractivity contribution in [2.24, 2.45) is 0 Å². The third-order valence-electron chi connectivity index (χ3n) is 2.12. The number of benzene rings is 1. The summed E-state index contributed by atoms with van der Waals surface area (Å²) in [5.74, 6) is -1.10. The predicted molar refractivity (Wildman–Crippen MR) is 58.8 cm³/mol. The van der Waals surface area contributed by atoms with E-state index in [2.05, 4.69) is 21.2 Å². The Morgan fingerprint density at radius 1 is 1.27 bits per heavy atom. The quantitative estimate of drug-likeness (QED) is 0.834. The van der Waals surface area contributed by atoms with Crippen LogP contribution in [0.15, 0.2) is 16.6 Å². The number of halogens is 3. The van der Waals surface area contributed by atoms with Gasteiger partial charge in [0, 0.05) is 12.1 Å². The molecule has 0 saturated carbocycles. The van der Waals surface area contributed by atoms with E-state index in [0.29, 0.717) is 0 Å². The largest absolute Gasteiger partial charge is 0.391 e. The highest BCUT2D eigenvalue weighted by atomic mass is 79.9. The van der Waals surface area contributed by atoms with Gasteiger partial charge in [0.2, 0.25) is 0 Å². The van der Waals surface area contributed by atoms with E-state index < -0.39 is 17.7 Å². The van der Waals surface area contributed by atoms with E-state index in [4.69, 9.17) is 0 Å². The Hall–Kier alpha value is -0.680. The summed E-state index contributed by atoms with van der Waals surface area (Å²) in [5.41, 5.74) is 0.0455. The highest BCUT2D eigenvalue weighted by molar-refractivity contribution is 9.10. The second kappa shape index (κ2) is 4.90. The lowest BCUT2D eigenvalue weighted by atomic mass is 10.2. The fourth-order valence-electron chi connectivity index (χ4n) is 0.999. The summed E-state index contributed by atoms with van der Waals surface area (Å²) in [6.45, 7) is 3.26. The third kappa shape index (κ3) is 3.14. The minimum Gasteiger partial charge on any atom is -0.391 e. The molecule has 0 spiro atoms. The summed E-state index contributed by atoms with van der Waals surface area (Å²) in [5, 5.41) is 11.9. The Morgan fingerprint density at radius 2 is 1.87 bits per heavy atom. The van der Waals surface area contributed by atoms with Crippen LogP contribution in [0, 0.1) is 11.6 Å². The highest BCUT2D eigenvalue weighted by Gasteiger charge is 2.13. The van der Waals surface area contributed by atoms with Gasteiger partial charge in [-0.2, -0.15) is 0 Å². The molecule has 0 aliphatic heterocycles. The van der Waals surface area contributed by atoms with Gasteiger partial charge in [-0.15, -0.1) is 0 Å². The molecule has 2 atom stereocenters. The van der Waals surface area contributed by atoms with Crippen molar-refractivity contribution < 1.29 is 13.9 Å². The summed E-state index contributed by atoms with van der Waals surface area (Å²) in [7, 11) is 0. The van der Waals surface area contributed by atoms with E-state index in [1.807, 2.05) is 0 Å². The maximum Gasteiger partial charge on any atom is 0.147 e. The molecule has 0 aliphatic carbocycles. The molecule has 1 aromatic carbocycles. The summed E-state index contributed by atoms with van der Waals surface area (Å²) in [4.78, 5) is 0. The van der Waals surface area contributed by atoms with Gasteiger partial charge < -0.3 is 10.4 Å². The molecule has 2 nitrogen and oxygen atoms in total. The fourth-order valence-corrected chi connectivity index (χ4v) is 1.31. The van der Waals surface area contributed by atoms with Crippen molar-refractivity contribution in [3.63, 3.8) is 0 Å². The first kappa shape index (κ1) is 12.4. The van der Waals surface area contributed by atoms with Crippen molar-refractivity contribution in [1.29, 1.82) is 0 Å². The molecule has 0 aromatic heterocycles. The number of hydrogen-bond acceptors (Lipinski definition) is 2. The standard InChI is InChI=1S/C10H12BrF2NO/c1-5(6(2)15)14-10-4-8(12)7(11)3-9(10)13/h3-6,14-15H,1-2H3. The maximum absolute atomic E-state index is 13.3. The van der Waals surface area contributed by atoms with Crippen LogP contribution in [0.5, 0.6) is 0 Å². The van der Waals surface area contributed by atoms with Crippen molar-refractivity contribution in [2.75, 3.05) is 5.32 Å². The van der Waals surface area contributed by atoms with Crippen molar-refractivity contribution in [2.45, 2.75) is 26.0 Å². The smallest absolute Gasteiger partial charge is 0.147 e. The number of aliphatic hydroxyl groups is 1. The summed E-state index contributed by atoms with van der Waals surface area (Å²) in [6, 6.07) is 1.75. The van der Waals surface area contributed by atoms with E-state index in [1.54, 1.807) is 13.8 Å². The summed E-state index contributed by atoms with van der Waals surface area (Å²) in [6.07, 6.45) is -0.642. The average molecular weight is 280 g/mol. The topological polar surface area (TPSA) is 32.3 Å². The predicted octanol–water partition coefficient (Wildman–Crippen LogP) is 2.91. The van der Waals surface area contributed by atoms with Gasteiger partial charge in [0.15, 0.2) is 0 Å². The minimum absolute atomic E-state index is 0.0455. The molecule has 0 amide bonds. The Morgan fingerprint density at radius 3 is 2.40 bits per heavy atom. The molecule has 0 bridgehead atoms. The summed E-state index contributed by atoms with van der Waals surface area (Å²) >= 11 is 2.88. The SMILES string of the molecule is CC(O)C(C)Nc1cc(F)c(Br)cc1F. The average Bonchev–Trinajstić information content (AvgIpc) is 2.13. The molecular weight excluding hydrogens is 268 g/mol. The van der Waals surface area contributed by atoms with E-state index in [1.165, 1.54) is 0 Å². The zero-order valence-electron chi connectivity index (χ0n) is 8.39. The van der Waals surface area contributed by atoms with Gasteiger partial charge in [-0.1, -0.05) is 0 Å². The zero-order valence-corrected chi connectivity index (χ0v) is 9.98. The van der Waals surface area contributed by atoms with Gasteiger partial charge in [-0.25, -0.2) is 8.78 Å². The Bertz CT molecular complexity index is 358. The second-order valence-electron chi connectivity index (χ2n) is 3.42. The highest BCUT2D eigenvalue weighted by Crippen LogP contribution is 2.24. The number of nitrogens with one attached hydrogen (secondary N) is 1. The lowest BCUT2D eigenvalue weighted by molar-refractivity contribution is 0.177. The molecule has 0 radical (unpaired) electrons. The number of anilines is 1. The molecule has 0 fully saturated rings. The fraction of sp³-hybridized carbons (Fsp3) is 0.400. The van der Waals surface area contributed by atoms with Crippen LogP contribution in [0.1, 0.15) is 13.8 Å². The monoisotopic (exact) mass is 279 g/mol. The Balaban J connectivity index is 2.91. The molecule has 1 aromatic rings. The lowest BCUT2D eigenvalue weighted by Gasteiger charge is -2.18. The molecule has 0 saturated heterocycles. The molecule has 15 heavy (non-hydrogen) atoms. The summed E-state index contributed by atoms with van der Waals surface area (Å²) < 4.78 is 26.5. The Labute approximate surface area is 95.4 Å². The van der Waals surface area contributed by atoms with Gasteiger partial charge in [-0.3, -0.25) is 0 Å². The minimum atomic E-state index is -0.642. The van der Waals surface area contributed by atoms with Crippen LogP contribution in [-0.4, -0.2) is 17.3 Å². The lowest BCUT2D eigenvalue weighted by Crippen LogP contribution is -2.28. The van der Waals surface area contributed by atoms with Gasteiger partial charge >= 0.3 is 0 Å². The van der Waals surface area contributed by atoms with E-state index in [9.17, 15) is 13.9 Å². The van der Waals surface area contributed by atoms with Crippen molar-refractivity contribution in [3.8, 4) is 0 Å². The van der Waals surface area contributed by atoms with Crippen LogP contribution < -0.4 is 5.32 Å². The molecule has 1 rings (SSSR count). The van der Waals surface area contributed by atoms with Crippen molar-refractivity contribution >= 4 is 21.6 Å². The van der Waals surface area contributed by atoms with Gasteiger partial charge in [-0.05, 0) is 35.8 Å². The molecule has 2 N–H and O–H groups in total. The van der Waals surface area contributed by atoms with Crippen LogP contribution in [0.3, 0.4) is 0 Å². The molecular formula is C10H12BrF2NO. The molecule has 84 valence electrons. The van der Waals surface area contributed by atoms with Crippen LogP contribution in [-0.2, 0) is 0 Å². The van der Waals surface area contributed by atoms with Gasteiger partial charge in [0.05, 0.1) is 16.3 Å². The van der Waals surface area contributed by atoms with Gasteiger partial charge in [0.25, 0.3) is 0 Å². The zero-order chi connectivity index (χ0) is 11.6. The maximum atomic E-state index is 13.3. The van der Waals surface area contributed by atoms with E-state index in [0.717, 1.165) is 12.1 Å². The normalized spacial score (nSPS) is 14.8. The second-order valence-corrected chi connectivity index (χ2v) is 4.27. The van der Waals surface area contributed by atoms with Crippen molar-refractivity contribution in [3.05, 3.63) is 28.2 Å². The Kier molecular flexibility index (Phi) is 4.04. The van der Waals surface area contributed by atoms with Gasteiger partial charge in [0.1, 0.15) is 11.6 Å². The number of rotatable bonds is 3. The third-order valence-corrected chi connectivity index (χ3v) is 2.72. The van der Waals surface area contributed by atoms with E-state index in [-0.39, 0.29) is 16.2 Å². The number of aliphatic hydroxyl groups excluding tert-OH is 1. The molecule has 2 unspecified atom stereocenters. The van der Waals surface area contributed by atoms with Crippen LogP contribution >= 0.6 is 15.9 Å². The number of hydrogen-bond donors (Lipinski definition) is 2. The first-order valence-electron chi connectivity index (χ1n) is 4.51. The van der Waals surface area contributed by atoms with E-state index >= 15 is 0 Å². The van der Waals surface area contributed by atoms with Crippen LogP contribution in [0.25, 0.3) is 0 Å². The van der Waals surface area contributed by atoms with Crippen molar-refractivity contribution in [1.82, 2.24) is 0 Å². The van der Waals surface area contributed by atoms with Crippen LogP contribution in [0.4, 0.5) is 14.5 Å². The first-order valence-corrected chi connectivity index (χ1v) is 5.30. The molecule has 0 heterocycles. The first-order chi connectivity index (χ1) is 6.91.